The van der Waals surface area contributed by atoms with Crippen molar-refractivity contribution < 1.29 is 14.3 Å². The number of rotatable bonds is 6. The highest BCUT2D eigenvalue weighted by molar-refractivity contribution is 7.09. The normalized spacial score (nSPS) is 10.5. The van der Waals surface area contributed by atoms with Gasteiger partial charge in [-0.3, -0.25) is 4.79 Å². The summed E-state index contributed by atoms with van der Waals surface area (Å²) < 4.78 is 11.0. The van der Waals surface area contributed by atoms with Gasteiger partial charge in [0, 0.05) is 28.3 Å². The second-order valence-electron chi connectivity index (χ2n) is 6.59. The molecule has 0 saturated heterocycles. The molecule has 0 bridgehead atoms. The monoisotopic (exact) mass is 416 g/mol. The summed E-state index contributed by atoms with van der Waals surface area (Å²) in [5.74, 6) is 1.91. The number of methoxy groups -OCH3 is 1. The molecule has 0 radical (unpaired) electrons. The number of carbonyl (C=O) groups excluding carboxylic acids is 1. The van der Waals surface area contributed by atoms with Gasteiger partial charge in [0.25, 0.3) is 5.91 Å². The standard InChI is InChI=1S/C24H20N2O3S/c1-16-25-23(15-30-16)17-6-8-18(9-7-17)24(27)26-19-10-12-20(13-11-19)29-22-5-3-4-21(14-22)28-2/h3-15H,1-2H3,(H,26,27). The summed E-state index contributed by atoms with van der Waals surface area (Å²) in [5.41, 5.74) is 3.20. The van der Waals surface area contributed by atoms with Crippen molar-refractivity contribution in [1.29, 1.82) is 0 Å². The molecule has 3 aromatic carbocycles. The molecule has 30 heavy (non-hydrogen) atoms. The van der Waals surface area contributed by atoms with Gasteiger partial charge in [-0.1, -0.05) is 18.2 Å². The number of nitrogens with one attached hydrogen (secondary N) is 1. The van der Waals surface area contributed by atoms with Crippen molar-refractivity contribution in [3.63, 3.8) is 0 Å². The summed E-state index contributed by atoms with van der Waals surface area (Å²) in [6, 6.07) is 22.0. The third-order valence-corrected chi connectivity index (χ3v) is 5.22. The van der Waals surface area contributed by atoms with Crippen molar-refractivity contribution in [3.05, 3.63) is 88.7 Å². The van der Waals surface area contributed by atoms with Crippen molar-refractivity contribution in [2.24, 2.45) is 0 Å². The minimum absolute atomic E-state index is 0.169. The highest BCUT2D eigenvalue weighted by Crippen LogP contribution is 2.26. The van der Waals surface area contributed by atoms with Crippen molar-refractivity contribution in [3.8, 4) is 28.5 Å². The number of carbonyl (C=O) groups is 1. The molecular formula is C24H20N2O3S. The first-order valence-corrected chi connectivity index (χ1v) is 10.2. The maximum Gasteiger partial charge on any atom is 0.255 e. The quantitative estimate of drug-likeness (QED) is 0.408. The maximum atomic E-state index is 12.5. The van der Waals surface area contributed by atoms with Crippen LogP contribution in [0.15, 0.2) is 78.2 Å². The predicted octanol–water partition coefficient (Wildman–Crippen LogP) is 6.17. The van der Waals surface area contributed by atoms with Crippen LogP contribution in [-0.4, -0.2) is 18.0 Å². The lowest BCUT2D eigenvalue weighted by Gasteiger charge is -2.09. The number of anilines is 1. The topological polar surface area (TPSA) is 60.5 Å². The Kier molecular flexibility index (Phi) is 5.77. The molecule has 0 atom stereocenters. The minimum Gasteiger partial charge on any atom is -0.497 e. The lowest BCUT2D eigenvalue weighted by atomic mass is 10.1. The van der Waals surface area contributed by atoms with Crippen LogP contribution in [0.25, 0.3) is 11.3 Å². The molecule has 4 aromatic rings. The predicted molar refractivity (Wildman–Crippen MR) is 120 cm³/mol. The fraction of sp³-hybridized carbons (Fsp3) is 0.0833. The van der Waals surface area contributed by atoms with Crippen molar-refractivity contribution in [1.82, 2.24) is 4.98 Å². The summed E-state index contributed by atoms with van der Waals surface area (Å²) in [6.07, 6.45) is 0. The van der Waals surface area contributed by atoms with Gasteiger partial charge in [-0.15, -0.1) is 11.3 Å². The van der Waals surface area contributed by atoms with E-state index in [0.717, 1.165) is 22.0 Å². The van der Waals surface area contributed by atoms with Crippen LogP contribution < -0.4 is 14.8 Å². The number of nitrogens with zero attached hydrogens (tertiary/aromatic N) is 1. The number of aromatic nitrogens is 1. The van der Waals surface area contributed by atoms with E-state index in [9.17, 15) is 4.79 Å². The van der Waals surface area contributed by atoms with Crippen LogP contribution in [0.3, 0.4) is 0 Å². The molecule has 1 amide bonds. The van der Waals surface area contributed by atoms with Crippen LogP contribution in [0, 0.1) is 6.92 Å². The summed E-state index contributed by atoms with van der Waals surface area (Å²) in [5, 5.41) is 5.94. The zero-order valence-electron chi connectivity index (χ0n) is 16.6. The van der Waals surface area contributed by atoms with E-state index < -0.39 is 0 Å². The number of benzene rings is 3. The Morgan fingerprint density at radius 1 is 0.933 bits per heavy atom. The first kappa shape index (κ1) is 19.7. The van der Waals surface area contributed by atoms with Crippen molar-refractivity contribution in [2.75, 3.05) is 12.4 Å². The molecule has 1 N–H and O–H groups in total. The third kappa shape index (κ3) is 4.67. The molecule has 0 aliphatic heterocycles. The first-order chi connectivity index (χ1) is 14.6. The molecule has 150 valence electrons. The van der Waals surface area contributed by atoms with Crippen LogP contribution in [0.2, 0.25) is 0 Å². The van der Waals surface area contributed by atoms with Crippen LogP contribution in [0.5, 0.6) is 17.2 Å². The summed E-state index contributed by atoms with van der Waals surface area (Å²) >= 11 is 1.61. The van der Waals surface area contributed by atoms with E-state index >= 15 is 0 Å². The van der Waals surface area contributed by atoms with E-state index in [1.165, 1.54) is 0 Å². The van der Waals surface area contributed by atoms with Gasteiger partial charge in [-0.05, 0) is 55.5 Å². The number of hydrogen-bond acceptors (Lipinski definition) is 5. The van der Waals surface area contributed by atoms with Gasteiger partial charge in [-0.25, -0.2) is 4.98 Å². The van der Waals surface area contributed by atoms with Gasteiger partial charge in [-0.2, -0.15) is 0 Å². The second kappa shape index (κ2) is 8.80. The lowest BCUT2D eigenvalue weighted by Crippen LogP contribution is -2.11. The lowest BCUT2D eigenvalue weighted by molar-refractivity contribution is 0.102. The van der Waals surface area contributed by atoms with E-state index in [1.54, 1.807) is 42.7 Å². The Balaban J connectivity index is 1.39. The SMILES string of the molecule is COc1cccc(Oc2ccc(NC(=O)c3ccc(-c4csc(C)n4)cc3)cc2)c1. The van der Waals surface area contributed by atoms with Crippen molar-refractivity contribution in [2.45, 2.75) is 6.92 Å². The van der Waals surface area contributed by atoms with Crippen LogP contribution in [-0.2, 0) is 0 Å². The Bertz CT molecular complexity index is 1150. The third-order valence-electron chi connectivity index (χ3n) is 4.45. The van der Waals surface area contributed by atoms with Gasteiger partial charge in [0.2, 0.25) is 0 Å². The molecule has 5 nitrogen and oxygen atoms in total. The van der Waals surface area contributed by atoms with Crippen LogP contribution in [0.4, 0.5) is 5.69 Å². The summed E-state index contributed by atoms with van der Waals surface area (Å²) in [7, 11) is 1.62. The highest BCUT2D eigenvalue weighted by Gasteiger charge is 2.08. The average Bonchev–Trinajstić information content (AvgIpc) is 3.21. The van der Waals surface area contributed by atoms with E-state index in [2.05, 4.69) is 10.3 Å². The smallest absolute Gasteiger partial charge is 0.255 e. The minimum atomic E-state index is -0.169. The van der Waals surface area contributed by atoms with Gasteiger partial charge >= 0.3 is 0 Å². The Morgan fingerprint density at radius 2 is 1.67 bits per heavy atom. The molecule has 0 saturated carbocycles. The van der Waals surface area contributed by atoms with Crippen LogP contribution >= 0.6 is 11.3 Å². The van der Waals surface area contributed by atoms with E-state index in [-0.39, 0.29) is 5.91 Å². The fourth-order valence-corrected chi connectivity index (χ4v) is 3.52. The zero-order chi connectivity index (χ0) is 20.9. The molecule has 1 heterocycles. The van der Waals surface area contributed by atoms with Gasteiger partial charge in [0.1, 0.15) is 17.2 Å². The van der Waals surface area contributed by atoms with E-state index in [4.69, 9.17) is 9.47 Å². The Morgan fingerprint density at radius 3 is 2.33 bits per heavy atom. The number of aryl methyl sites for hydroxylation is 1. The van der Waals surface area contributed by atoms with Gasteiger partial charge in [0.05, 0.1) is 17.8 Å². The van der Waals surface area contributed by atoms with Crippen molar-refractivity contribution >= 4 is 22.9 Å². The molecule has 0 fully saturated rings. The average molecular weight is 417 g/mol. The number of amides is 1. The van der Waals surface area contributed by atoms with Gasteiger partial charge in [0.15, 0.2) is 0 Å². The summed E-state index contributed by atoms with van der Waals surface area (Å²) in [4.78, 5) is 17.0. The number of hydrogen-bond donors (Lipinski definition) is 1. The van der Waals surface area contributed by atoms with Gasteiger partial charge < -0.3 is 14.8 Å². The van der Waals surface area contributed by atoms with E-state index in [1.807, 2.05) is 60.8 Å². The summed E-state index contributed by atoms with van der Waals surface area (Å²) in [6.45, 7) is 1.98. The Labute approximate surface area is 178 Å². The zero-order valence-corrected chi connectivity index (χ0v) is 17.4. The Hall–Kier alpha value is -3.64. The van der Waals surface area contributed by atoms with Crippen LogP contribution in [0.1, 0.15) is 15.4 Å². The molecule has 0 aliphatic carbocycles. The molecule has 4 rings (SSSR count). The highest BCUT2D eigenvalue weighted by atomic mass is 32.1. The molecule has 0 unspecified atom stereocenters. The number of ether oxygens (including phenoxy) is 2. The largest absolute Gasteiger partial charge is 0.497 e. The van der Waals surface area contributed by atoms with E-state index in [0.29, 0.717) is 22.7 Å². The molecule has 6 heteroatoms. The molecule has 0 aliphatic rings. The number of thiazole rings is 1. The first-order valence-electron chi connectivity index (χ1n) is 9.36. The maximum absolute atomic E-state index is 12.5. The molecular weight excluding hydrogens is 396 g/mol. The second-order valence-corrected chi connectivity index (χ2v) is 7.65. The molecule has 1 aromatic heterocycles. The fourth-order valence-electron chi connectivity index (χ4n) is 2.90. The molecule has 0 spiro atoms.